The summed E-state index contributed by atoms with van der Waals surface area (Å²) in [5.41, 5.74) is 1.35. The van der Waals surface area contributed by atoms with Crippen molar-refractivity contribution >= 4 is 42.5 Å². The number of halogens is 1. The van der Waals surface area contributed by atoms with Gasteiger partial charge in [-0.05, 0) is 63.9 Å². The van der Waals surface area contributed by atoms with E-state index in [2.05, 4.69) is 45.6 Å². The third-order valence-electron chi connectivity index (χ3n) is 7.46. The number of nitrogens with zero attached hydrogens (tertiary/aromatic N) is 6. The zero-order chi connectivity index (χ0) is 33.1. The molecule has 1 aliphatic heterocycles. The van der Waals surface area contributed by atoms with E-state index in [0.29, 0.717) is 36.7 Å². The fourth-order valence-electron chi connectivity index (χ4n) is 5.25. The fraction of sp³-hybridized carbons (Fsp3) is 0.469. The maximum Gasteiger partial charge on any atom is 0.407 e. The van der Waals surface area contributed by atoms with Crippen LogP contribution in [0.3, 0.4) is 0 Å². The van der Waals surface area contributed by atoms with E-state index in [1.54, 1.807) is 48.3 Å². The summed E-state index contributed by atoms with van der Waals surface area (Å²) in [5.74, 6) is -0.527. The van der Waals surface area contributed by atoms with Gasteiger partial charge in [-0.15, -0.1) is 5.10 Å². The van der Waals surface area contributed by atoms with E-state index in [4.69, 9.17) is 9.47 Å². The normalized spacial score (nSPS) is 15.6. The largest absolute Gasteiger partial charge is 0.444 e. The Balaban J connectivity index is 1.39. The molecule has 1 atom stereocenters. The first-order chi connectivity index (χ1) is 21.8. The highest BCUT2D eigenvalue weighted by molar-refractivity contribution is 6.76. The molecule has 4 aromatic rings. The average Bonchev–Trinajstić information content (AvgIpc) is 3.58. The highest BCUT2D eigenvalue weighted by Crippen LogP contribution is 2.32. The van der Waals surface area contributed by atoms with E-state index in [-0.39, 0.29) is 24.3 Å². The van der Waals surface area contributed by atoms with E-state index in [1.165, 1.54) is 6.07 Å². The number of imidazole rings is 1. The lowest BCUT2D eigenvalue weighted by Gasteiger charge is -2.36. The van der Waals surface area contributed by atoms with Crippen LogP contribution in [-0.4, -0.2) is 76.0 Å². The molecule has 12 nitrogen and oxygen atoms in total. The van der Waals surface area contributed by atoms with Crippen molar-refractivity contribution < 1.29 is 23.5 Å². The summed E-state index contributed by atoms with van der Waals surface area (Å²) in [6.45, 7) is 13.8. The lowest BCUT2D eigenvalue weighted by Crippen LogP contribution is -2.49. The molecular formula is C32H43FN8O4Si. The van der Waals surface area contributed by atoms with Crippen LogP contribution in [0.1, 0.15) is 44.2 Å². The van der Waals surface area contributed by atoms with Crippen molar-refractivity contribution in [3.63, 3.8) is 0 Å². The topological polar surface area (TPSA) is 128 Å². The third-order valence-corrected chi connectivity index (χ3v) is 9.16. The Labute approximate surface area is 269 Å². The molecule has 2 amide bonds. The Hall–Kier alpha value is -4.30. The highest BCUT2D eigenvalue weighted by atomic mass is 28.3. The van der Waals surface area contributed by atoms with Gasteiger partial charge in [-0.1, -0.05) is 43.1 Å². The lowest BCUT2D eigenvalue weighted by atomic mass is 10.0. The molecule has 1 fully saturated rings. The van der Waals surface area contributed by atoms with Gasteiger partial charge in [0.05, 0.1) is 23.1 Å². The van der Waals surface area contributed by atoms with E-state index >= 15 is 4.39 Å². The molecule has 2 aromatic heterocycles. The summed E-state index contributed by atoms with van der Waals surface area (Å²) >= 11 is 0. The molecule has 0 bridgehead atoms. The molecule has 46 heavy (non-hydrogen) atoms. The van der Waals surface area contributed by atoms with E-state index in [1.807, 2.05) is 29.2 Å². The molecule has 14 heteroatoms. The first-order valence-electron chi connectivity index (χ1n) is 15.6. The summed E-state index contributed by atoms with van der Waals surface area (Å²) in [6, 6.07) is 12.8. The first-order valence-corrected chi connectivity index (χ1v) is 19.3. The molecule has 0 unspecified atom stereocenters. The van der Waals surface area contributed by atoms with E-state index in [0.717, 1.165) is 24.4 Å². The van der Waals surface area contributed by atoms with Crippen molar-refractivity contribution in [2.24, 2.45) is 0 Å². The number of para-hydroxylation sites is 2. The highest BCUT2D eigenvalue weighted by Gasteiger charge is 2.28. The maximum atomic E-state index is 15.5. The zero-order valence-electron chi connectivity index (χ0n) is 27.3. The molecule has 0 aliphatic carbocycles. The van der Waals surface area contributed by atoms with Crippen LogP contribution in [-0.2, 0) is 16.2 Å². The van der Waals surface area contributed by atoms with Crippen LogP contribution in [0.5, 0.6) is 0 Å². The Bertz CT molecular complexity index is 1690. The molecule has 1 aliphatic rings. The van der Waals surface area contributed by atoms with E-state index in [9.17, 15) is 9.59 Å². The van der Waals surface area contributed by atoms with Crippen LogP contribution in [0.25, 0.3) is 16.9 Å². The molecule has 246 valence electrons. The number of hydrogen-bond donors (Lipinski definition) is 2. The van der Waals surface area contributed by atoms with Crippen molar-refractivity contribution in [1.82, 2.24) is 29.9 Å². The van der Waals surface area contributed by atoms with Gasteiger partial charge in [0.1, 0.15) is 23.7 Å². The number of piperidine rings is 1. The molecule has 0 saturated carbocycles. The van der Waals surface area contributed by atoms with Crippen LogP contribution in [0.15, 0.2) is 48.7 Å². The van der Waals surface area contributed by atoms with Gasteiger partial charge in [0.25, 0.3) is 5.91 Å². The smallest absolute Gasteiger partial charge is 0.407 e. The van der Waals surface area contributed by atoms with Crippen LogP contribution < -0.4 is 15.5 Å². The van der Waals surface area contributed by atoms with Crippen molar-refractivity contribution in [3.8, 4) is 5.82 Å². The van der Waals surface area contributed by atoms with Gasteiger partial charge in [-0.3, -0.25) is 4.79 Å². The quantitative estimate of drug-likeness (QED) is 0.163. The van der Waals surface area contributed by atoms with Gasteiger partial charge in [-0.2, -0.15) is 4.68 Å². The SMILES string of the molecule is CC(C)(C)OC(=O)N[C@@H]1CCCN(c2c(F)cccc2NC(=O)c2nc(-n3nnc4ccccc43)cn2COCC[Si](C)(C)C)C1. The number of fused-ring (bicyclic) bond motifs is 1. The maximum absolute atomic E-state index is 15.5. The number of carbonyl (C=O) groups is 2. The Kier molecular flexibility index (Phi) is 9.77. The number of carbonyl (C=O) groups excluding carboxylic acids is 2. The van der Waals surface area contributed by atoms with Crippen molar-refractivity contribution in [3.05, 3.63) is 60.3 Å². The molecule has 0 radical (unpaired) electrons. The van der Waals surface area contributed by atoms with Gasteiger partial charge >= 0.3 is 6.09 Å². The second kappa shape index (κ2) is 13.6. The standard InChI is InChI=1S/C32H43FN8O4Si/c1-32(2,3)45-31(43)34-22-11-10-16-39(19-22)28-23(33)12-9-14-25(28)35-30(42)29-36-27(20-40(29)21-44-17-18-46(4,5)6)41-26-15-8-7-13-24(26)37-38-41/h7-9,12-15,20,22H,10-11,16-19,21H2,1-6H3,(H,34,43)(H,35,42)/t22-/m1/s1. The second-order valence-corrected chi connectivity index (χ2v) is 19.4. The molecule has 1 saturated heterocycles. The molecule has 0 spiro atoms. The predicted molar refractivity (Wildman–Crippen MR) is 178 cm³/mol. The number of amides is 2. The number of ether oxygens (including phenoxy) is 2. The summed E-state index contributed by atoms with van der Waals surface area (Å²) in [7, 11) is -1.33. The monoisotopic (exact) mass is 650 g/mol. The van der Waals surface area contributed by atoms with Crippen molar-refractivity contribution in [1.29, 1.82) is 0 Å². The number of benzene rings is 2. The number of hydrogen-bond acceptors (Lipinski definition) is 8. The molecular weight excluding hydrogens is 607 g/mol. The minimum absolute atomic E-state index is 0.0842. The van der Waals surface area contributed by atoms with Crippen LogP contribution in [0.4, 0.5) is 20.6 Å². The molecule has 2 aromatic carbocycles. The van der Waals surface area contributed by atoms with Gasteiger partial charge in [0.15, 0.2) is 5.82 Å². The molecule has 3 heterocycles. The number of alkyl carbamates (subject to hydrolysis) is 1. The number of nitrogens with one attached hydrogen (secondary N) is 2. The van der Waals surface area contributed by atoms with Crippen LogP contribution in [0, 0.1) is 5.82 Å². The van der Waals surface area contributed by atoms with Crippen molar-refractivity contribution in [2.75, 3.05) is 29.9 Å². The summed E-state index contributed by atoms with van der Waals surface area (Å²) in [5, 5.41) is 14.3. The Morgan fingerprint density at radius 3 is 2.65 bits per heavy atom. The summed E-state index contributed by atoms with van der Waals surface area (Å²) in [4.78, 5) is 32.8. The number of aromatic nitrogens is 5. The predicted octanol–water partition coefficient (Wildman–Crippen LogP) is 5.81. The third kappa shape index (κ3) is 8.29. The van der Waals surface area contributed by atoms with Crippen LogP contribution in [0.2, 0.25) is 25.7 Å². The second-order valence-electron chi connectivity index (χ2n) is 13.8. The van der Waals surface area contributed by atoms with Gasteiger partial charge in [0, 0.05) is 33.8 Å². The van der Waals surface area contributed by atoms with Crippen molar-refractivity contribution in [2.45, 2.75) is 77.7 Å². The number of anilines is 2. The first kappa shape index (κ1) is 33.1. The molecule has 5 rings (SSSR count). The Morgan fingerprint density at radius 1 is 1.11 bits per heavy atom. The van der Waals surface area contributed by atoms with E-state index < -0.39 is 31.5 Å². The average molecular weight is 651 g/mol. The molecule has 2 N–H and O–H groups in total. The minimum atomic E-state index is -1.33. The van der Waals surface area contributed by atoms with Crippen LogP contribution >= 0.6 is 0 Å². The zero-order valence-corrected chi connectivity index (χ0v) is 28.3. The van der Waals surface area contributed by atoms with Gasteiger partial charge in [-0.25, -0.2) is 14.2 Å². The minimum Gasteiger partial charge on any atom is -0.444 e. The van der Waals surface area contributed by atoms with Gasteiger partial charge in [0.2, 0.25) is 5.82 Å². The van der Waals surface area contributed by atoms with Gasteiger partial charge < -0.3 is 29.6 Å². The number of rotatable bonds is 10. The lowest BCUT2D eigenvalue weighted by molar-refractivity contribution is 0.0500. The fourth-order valence-corrected chi connectivity index (χ4v) is 6.01. The summed E-state index contributed by atoms with van der Waals surface area (Å²) < 4.78 is 30.1. The Morgan fingerprint density at radius 2 is 1.89 bits per heavy atom. The summed E-state index contributed by atoms with van der Waals surface area (Å²) in [6.07, 6.45) is 2.63.